The molecule has 2 saturated heterocycles. The van der Waals surface area contributed by atoms with E-state index in [1.165, 1.54) is 11.8 Å². The second kappa shape index (κ2) is 8.64. The van der Waals surface area contributed by atoms with Gasteiger partial charge in [-0.1, -0.05) is 17.8 Å². The van der Waals surface area contributed by atoms with Gasteiger partial charge in [0.15, 0.2) is 9.84 Å². The molecule has 9 nitrogen and oxygen atoms in total. The third-order valence-electron chi connectivity index (χ3n) is 5.61. The molecule has 0 radical (unpaired) electrons. The highest BCUT2D eigenvalue weighted by Crippen LogP contribution is 2.22. The number of sulfone groups is 1. The van der Waals surface area contributed by atoms with Crippen molar-refractivity contribution >= 4 is 27.5 Å². The molecule has 0 N–H and O–H groups in total. The molecule has 2 aromatic rings. The summed E-state index contributed by atoms with van der Waals surface area (Å²) in [5.74, 6) is 0.845. The fourth-order valence-corrected chi connectivity index (χ4v) is 6.68. The summed E-state index contributed by atoms with van der Waals surface area (Å²) in [6, 6.07) is 6.21. The molecule has 1 aromatic heterocycles. The smallest absolute Gasteiger partial charge is 0.233 e. The topological polar surface area (TPSA) is 101 Å². The van der Waals surface area contributed by atoms with E-state index in [9.17, 15) is 13.2 Å². The number of carbonyl (C=O) groups is 1. The number of benzene rings is 1. The first-order valence-corrected chi connectivity index (χ1v) is 12.8. The van der Waals surface area contributed by atoms with E-state index in [0.29, 0.717) is 24.7 Å². The molecule has 1 amide bonds. The molecule has 0 spiro atoms. The van der Waals surface area contributed by atoms with Crippen molar-refractivity contribution in [1.82, 2.24) is 30.0 Å². The van der Waals surface area contributed by atoms with E-state index in [-0.39, 0.29) is 29.2 Å². The molecular formula is C19H26N6O3S2. The molecule has 1 aromatic carbocycles. The largest absolute Gasteiger partial charge is 0.339 e. The van der Waals surface area contributed by atoms with Crippen LogP contribution >= 0.6 is 11.8 Å². The summed E-state index contributed by atoms with van der Waals surface area (Å²) >= 11 is 1.33. The van der Waals surface area contributed by atoms with Crippen molar-refractivity contribution in [3.05, 3.63) is 29.3 Å². The quantitative estimate of drug-likeness (QED) is 0.614. The number of carbonyl (C=O) groups excluding carboxylic acids is 1. The van der Waals surface area contributed by atoms with Crippen LogP contribution in [0.3, 0.4) is 0 Å². The second-order valence-corrected chi connectivity index (χ2v) is 11.2. The molecule has 0 unspecified atom stereocenters. The van der Waals surface area contributed by atoms with Gasteiger partial charge in [0.25, 0.3) is 0 Å². The minimum Gasteiger partial charge on any atom is -0.339 e. The van der Waals surface area contributed by atoms with Crippen LogP contribution in [0, 0.1) is 13.8 Å². The van der Waals surface area contributed by atoms with Gasteiger partial charge in [0.1, 0.15) is 0 Å². The van der Waals surface area contributed by atoms with Gasteiger partial charge in [-0.05, 0) is 54.0 Å². The van der Waals surface area contributed by atoms with E-state index >= 15 is 0 Å². The van der Waals surface area contributed by atoms with Gasteiger partial charge in [0.2, 0.25) is 11.1 Å². The monoisotopic (exact) mass is 450 g/mol. The SMILES string of the molecule is Cc1cc(C)cc(-n2nnnc2SCC(=O)N2CCN([C@H]3CCS(=O)(=O)C3)CC2)c1. The number of tetrazole rings is 1. The normalized spacial score (nSPS) is 21.8. The number of hydrogen-bond donors (Lipinski definition) is 0. The number of hydrogen-bond acceptors (Lipinski definition) is 8. The maximum Gasteiger partial charge on any atom is 0.233 e. The zero-order chi connectivity index (χ0) is 21.3. The summed E-state index contributed by atoms with van der Waals surface area (Å²) < 4.78 is 25.1. The predicted molar refractivity (Wildman–Crippen MR) is 115 cm³/mol. The fourth-order valence-electron chi connectivity index (χ4n) is 4.12. The van der Waals surface area contributed by atoms with Crippen LogP contribution < -0.4 is 0 Å². The summed E-state index contributed by atoms with van der Waals surface area (Å²) in [6.07, 6.45) is 0.702. The number of thioether (sulfide) groups is 1. The van der Waals surface area contributed by atoms with Crippen molar-refractivity contribution in [1.29, 1.82) is 0 Å². The van der Waals surface area contributed by atoms with E-state index in [1.54, 1.807) is 4.68 Å². The molecule has 0 aliphatic carbocycles. The lowest BCUT2D eigenvalue weighted by molar-refractivity contribution is -0.130. The van der Waals surface area contributed by atoms with Crippen LogP contribution in [0.15, 0.2) is 23.4 Å². The summed E-state index contributed by atoms with van der Waals surface area (Å²) in [4.78, 5) is 16.7. The Labute approximate surface area is 180 Å². The zero-order valence-electron chi connectivity index (χ0n) is 17.2. The number of piperazine rings is 1. The standard InChI is InChI=1S/C19H26N6O3S2/c1-14-9-15(2)11-17(10-14)25-19(20-21-22-25)29-12-18(26)24-6-4-23(5-7-24)16-3-8-30(27,28)13-16/h9-11,16H,3-8,12-13H2,1-2H3/t16-/m0/s1. The molecule has 4 rings (SSSR count). The van der Waals surface area contributed by atoms with Gasteiger partial charge < -0.3 is 4.90 Å². The Balaban J connectivity index is 1.32. The highest BCUT2D eigenvalue weighted by molar-refractivity contribution is 7.99. The van der Waals surface area contributed by atoms with Gasteiger partial charge in [-0.3, -0.25) is 9.69 Å². The van der Waals surface area contributed by atoms with Gasteiger partial charge in [-0.15, -0.1) is 5.10 Å². The van der Waals surface area contributed by atoms with Crippen molar-refractivity contribution in [2.24, 2.45) is 0 Å². The number of amides is 1. The molecule has 3 heterocycles. The van der Waals surface area contributed by atoms with Gasteiger partial charge in [-0.25, -0.2) is 8.42 Å². The molecule has 2 aliphatic rings. The number of aryl methyl sites for hydroxylation is 2. The minimum absolute atomic E-state index is 0.0497. The van der Waals surface area contributed by atoms with Crippen LogP contribution in [0.2, 0.25) is 0 Å². The predicted octanol–water partition coefficient (Wildman–Crippen LogP) is 0.703. The highest BCUT2D eigenvalue weighted by Gasteiger charge is 2.34. The number of rotatable bonds is 5. The van der Waals surface area contributed by atoms with Crippen LogP contribution in [0.5, 0.6) is 0 Å². The maximum atomic E-state index is 12.7. The Morgan fingerprint density at radius 1 is 1.13 bits per heavy atom. The van der Waals surface area contributed by atoms with Crippen molar-refractivity contribution in [2.45, 2.75) is 31.5 Å². The average molecular weight is 451 g/mol. The summed E-state index contributed by atoms with van der Waals surface area (Å²) in [7, 11) is -2.89. The second-order valence-electron chi connectivity index (χ2n) is 7.98. The summed E-state index contributed by atoms with van der Waals surface area (Å²) in [5, 5.41) is 12.5. The average Bonchev–Trinajstić information content (AvgIpc) is 3.31. The van der Waals surface area contributed by atoms with Crippen LogP contribution in [0.4, 0.5) is 0 Å². The molecule has 11 heteroatoms. The third kappa shape index (κ3) is 4.84. The zero-order valence-corrected chi connectivity index (χ0v) is 18.8. The molecule has 0 bridgehead atoms. The first-order chi connectivity index (χ1) is 14.3. The molecule has 1 atom stereocenters. The van der Waals surface area contributed by atoms with Crippen LogP contribution in [-0.4, -0.2) is 93.8 Å². The highest BCUT2D eigenvalue weighted by atomic mass is 32.2. The summed E-state index contributed by atoms with van der Waals surface area (Å²) in [6.45, 7) is 6.74. The Morgan fingerprint density at radius 2 is 1.83 bits per heavy atom. The Bertz CT molecular complexity index is 1010. The van der Waals surface area contributed by atoms with E-state index in [2.05, 4.69) is 26.5 Å². The van der Waals surface area contributed by atoms with Crippen LogP contribution in [0.25, 0.3) is 5.69 Å². The van der Waals surface area contributed by atoms with Crippen molar-refractivity contribution in [3.63, 3.8) is 0 Å². The number of aromatic nitrogens is 4. The lowest BCUT2D eigenvalue weighted by atomic mass is 10.1. The molecule has 2 fully saturated rings. The van der Waals surface area contributed by atoms with Crippen molar-refractivity contribution < 1.29 is 13.2 Å². The lowest BCUT2D eigenvalue weighted by Crippen LogP contribution is -2.52. The van der Waals surface area contributed by atoms with Gasteiger partial charge in [-0.2, -0.15) is 4.68 Å². The van der Waals surface area contributed by atoms with Crippen LogP contribution in [-0.2, 0) is 14.6 Å². The fraction of sp³-hybridized carbons (Fsp3) is 0.579. The third-order valence-corrected chi connectivity index (χ3v) is 8.26. The van der Waals surface area contributed by atoms with Crippen molar-refractivity contribution in [3.8, 4) is 5.69 Å². The first-order valence-electron chi connectivity index (χ1n) is 10.0. The van der Waals surface area contributed by atoms with Gasteiger partial charge in [0, 0.05) is 32.2 Å². The van der Waals surface area contributed by atoms with Crippen LogP contribution in [0.1, 0.15) is 17.5 Å². The Hall–Kier alpha value is -1.98. The van der Waals surface area contributed by atoms with E-state index < -0.39 is 9.84 Å². The van der Waals surface area contributed by atoms with Gasteiger partial charge >= 0.3 is 0 Å². The van der Waals surface area contributed by atoms with E-state index in [4.69, 9.17) is 0 Å². The van der Waals surface area contributed by atoms with Gasteiger partial charge in [0.05, 0.1) is 22.9 Å². The Kier molecular flexibility index (Phi) is 6.12. The van der Waals surface area contributed by atoms with E-state index in [0.717, 1.165) is 29.9 Å². The van der Waals surface area contributed by atoms with E-state index in [1.807, 2.05) is 30.9 Å². The minimum atomic E-state index is -2.89. The molecule has 30 heavy (non-hydrogen) atoms. The van der Waals surface area contributed by atoms with Crippen molar-refractivity contribution in [2.75, 3.05) is 43.4 Å². The molecule has 2 aliphatic heterocycles. The Morgan fingerprint density at radius 3 is 2.47 bits per heavy atom. The summed E-state index contributed by atoms with van der Waals surface area (Å²) in [5.41, 5.74) is 3.13. The molecule has 0 saturated carbocycles. The first kappa shape index (κ1) is 21.3. The molecule has 162 valence electrons. The lowest BCUT2D eigenvalue weighted by Gasteiger charge is -2.37. The molecular weight excluding hydrogens is 424 g/mol. The number of nitrogens with zero attached hydrogens (tertiary/aromatic N) is 6. The maximum absolute atomic E-state index is 12.7.